The largest absolute Gasteiger partial charge is 0.367 e. The summed E-state index contributed by atoms with van der Waals surface area (Å²) in [7, 11) is 1.52. The number of piperazine rings is 1. The zero-order valence-electron chi connectivity index (χ0n) is 22.8. The fraction of sp³-hybridized carbons (Fsp3) is 0.542. The number of fused-ring (bicyclic) bond motifs is 1. The van der Waals surface area contributed by atoms with Gasteiger partial charge in [0.25, 0.3) is 6.43 Å². The normalized spacial score (nSPS) is 16.9. The molecule has 41 heavy (non-hydrogen) atoms. The van der Waals surface area contributed by atoms with Crippen molar-refractivity contribution in [3.8, 4) is 11.2 Å². The highest BCUT2D eigenvalue weighted by molar-refractivity contribution is 7.89. The molecule has 5 rings (SSSR count). The van der Waals surface area contributed by atoms with Crippen LogP contribution in [0, 0.1) is 11.3 Å². The lowest BCUT2D eigenvalue weighted by molar-refractivity contribution is 0.150. The molecule has 0 bridgehead atoms. The van der Waals surface area contributed by atoms with Crippen LogP contribution in [-0.4, -0.2) is 115 Å². The van der Waals surface area contributed by atoms with E-state index >= 15 is 0 Å². The van der Waals surface area contributed by atoms with Gasteiger partial charge in [0.15, 0.2) is 5.01 Å². The van der Waals surface area contributed by atoms with Crippen molar-refractivity contribution >= 4 is 44.0 Å². The first-order valence-electron chi connectivity index (χ1n) is 12.9. The molecule has 1 aliphatic heterocycles. The molecule has 3 heterocycles. The van der Waals surface area contributed by atoms with Crippen molar-refractivity contribution in [1.82, 2.24) is 39.4 Å². The van der Waals surface area contributed by atoms with Crippen LogP contribution in [0.15, 0.2) is 23.2 Å². The van der Waals surface area contributed by atoms with Gasteiger partial charge < -0.3 is 19.6 Å². The number of rotatable bonds is 9. The topological polar surface area (TPSA) is 144 Å². The van der Waals surface area contributed by atoms with Crippen LogP contribution in [0.4, 0.5) is 19.3 Å². The molecule has 13 nitrogen and oxygen atoms in total. The van der Waals surface area contributed by atoms with Crippen LogP contribution >= 0.6 is 11.3 Å². The van der Waals surface area contributed by atoms with Crippen molar-refractivity contribution in [2.45, 2.75) is 29.7 Å². The van der Waals surface area contributed by atoms with Gasteiger partial charge in [-0.1, -0.05) is 11.3 Å². The number of urea groups is 1. The van der Waals surface area contributed by atoms with E-state index in [0.29, 0.717) is 73.5 Å². The maximum atomic E-state index is 13.4. The number of amides is 2. The molecule has 0 spiro atoms. The number of aromatic nitrogens is 4. The summed E-state index contributed by atoms with van der Waals surface area (Å²) in [4.78, 5) is 20.3. The van der Waals surface area contributed by atoms with Crippen molar-refractivity contribution in [3.05, 3.63) is 23.3 Å². The Morgan fingerprint density at radius 2 is 1.90 bits per heavy atom. The number of nitrogens with one attached hydrogen (secondary N) is 1. The van der Waals surface area contributed by atoms with Gasteiger partial charge in [-0.3, -0.25) is 0 Å². The number of sulfonamides is 1. The van der Waals surface area contributed by atoms with Gasteiger partial charge >= 0.3 is 6.03 Å². The molecule has 2 amide bonds. The second-order valence-electron chi connectivity index (χ2n) is 10.4. The van der Waals surface area contributed by atoms with Crippen LogP contribution in [0.5, 0.6) is 0 Å². The van der Waals surface area contributed by atoms with E-state index in [9.17, 15) is 27.3 Å². The third-order valence-corrected chi connectivity index (χ3v) is 9.56. The van der Waals surface area contributed by atoms with Crippen LogP contribution in [0.1, 0.15) is 25.7 Å². The minimum Gasteiger partial charge on any atom is -0.367 e. The van der Waals surface area contributed by atoms with Crippen LogP contribution in [0.3, 0.4) is 0 Å². The molecule has 0 atom stereocenters. The number of carbonyl (C=O) groups excluding carboxylic acids is 1. The summed E-state index contributed by atoms with van der Waals surface area (Å²) < 4.78 is 57.0. The lowest BCUT2D eigenvalue weighted by Gasteiger charge is -2.38. The molecule has 1 saturated carbocycles. The van der Waals surface area contributed by atoms with E-state index < -0.39 is 27.0 Å². The lowest BCUT2D eigenvalue weighted by atomic mass is 10.1. The van der Waals surface area contributed by atoms with Crippen LogP contribution in [0.2, 0.25) is 0 Å². The van der Waals surface area contributed by atoms with E-state index in [2.05, 4.69) is 20.0 Å². The van der Waals surface area contributed by atoms with E-state index in [1.807, 2.05) is 30.0 Å². The molecule has 17 heteroatoms. The maximum absolute atomic E-state index is 13.4. The molecule has 1 N–H and O–H groups in total. The summed E-state index contributed by atoms with van der Waals surface area (Å²) in [5.74, 6) is 0. The van der Waals surface area contributed by atoms with Gasteiger partial charge in [-0.25, -0.2) is 26.7 Å². The average Bonchev–Trinajstić information content (AvgIpc) is 3.33. The number of nitriles is 1. The van der Waals surface area contributed by atoms with Gasteiger partial charge in [0.2, 0.25) is 15.2 Å². The summed E-state index contributed by atoms with van der Waals surface area (Å²) in [6, 6.07) is 4.86. The molecular weight excluding hydrogens is 578 g/mol. The number of likely N-dealkylation sites (N-methyl/N-ethyl adjacent to an activating group) is 2. The van der Waals surface area contributed by atoms with Gasteiger partial charge in [-0.15, -0.1) is 10.2 Å². The number of halogens is 2. The van der Waals surface area contributed by atoms with E-state index in [0.717, 1.165) is 6.54 Å². The van der Waals surface area contributed by atoms with Crippen LogP contribution < -0.4 is 9.62 Å². The van der Waals surface area contributed by atoms with Crippen molar-refractivity contribution in [3.63, 3.8) is 0 Å². The molecular formula is C24H32F2N10O3S2. The zero-order chi connectivity index (χ0) is 29.5. The fourth-order valence-corrected chi connectivity index (χ4v) is 6.64. The molecule has 1 aliphatic carbocycles. The summed E-state index contributed by atoms with van der Waals surface area (Å²) >= 11 is 0.658. The molecule has 0 radical (unpaired) electrons. The van der Waals surface area contributed by atoms with Crippen molar-refractivity contribution in [2.75, 3.05) is 65.3 Å². The minimum atomic E-state index is -4.12. The average molecular weight is 611 g/mol. The third kappa shape index (κ3) is 5.96. The van der Waals surface area contributed by atoms with Crippen LogP contribution in [-0.2, 0) is 10.0 Å². The molecule has 222 valence electrons. The number of benzene rings is 1. The SMILES string of the molecule is CN(C)CCN(C)C(=O)N1CCN(c2cc(S(=O)(=O)NC3(C#N)CC3)cc3c2cnn3-c2nnc(C(F)F)s2)CC1.[HH]. The molecule has 1 aromatic carbocycles. The van der Waals surface area contributed by atoms with Gasteiger partial charge in [-0.05, 0) is 39.1 Å². The molecule has 2 fully saturated rings. The van der Waals surface area contributed by atoms with E-state index in [1.54, 1.807) is 16.8 Å². The Hall–Kier alpha value is -3.46. The second-order valence-corrected chi connectivity index (χ2v) is 13.1. The fourth-order valence-electron chi connectivity index (χ4n) is 4.56. The molecule has 2 aromatic heterocycles. The number of alkyl halides is 2. The Bertz CT molecular complexity index is 1600. The maximum Gasteiger partial charge on any atom is 0.319 e. The smallest absolute Gasteiger partial charge is 0.319 e. The summed E-state index contributed by atoms with van der Waals surface area (Å²) in [6.07, 6.45) is -0.450. The number of nitrogens with zero attached hydrogens (tertiary/aromatic N) is 9. The van der Waals surface area contributed by atoms with Gasteiger partial charge in [0.1, 0.15) is 5.54 Å². The Balaban J connectivity index is 0.00000405. The predicted octanol–water partition coefficient (Wildman–Crippen LogP) is 2.13. The first-order valence-corrected chi connectivity index (χ1v) is 15.2. The van der Waals surface area contributed by atoms with E-state index in [1.165, 1.54) is 23.0 Å². The monoisotopic (exact) mass is 610 g/mol. The first-order chi connectivity index (χ1) is 19.4. The number of hydrogen-bond acceptors (Lipinski definition) is 10. The molecule has 0 unspecified atom stereocenters. The number of hydrogen-bond donors (Lipinski definition) is 1. The zero-order valence-corrected chi connectivity index (χ0v) is 24.4. The predicted molar refractivity (Wildman–Crippen MR) is 150 cm³/mol. The second kappa shape index (κ2) is 11.1. The van der Waals surface area contributed by atoms with Gasteiger partial charge in [0.05, 0.1) is 22.7 Å². The molecule has 3 aromatic rings. The van der Waals surface area contributed by atoms with Crippen molar-refractivity contribution in [2.24, 2.45) is 0 Å². The van der Waals surface area contributed by atoms with Crippen molar-refractivity contribution in [1.29, 1.82) is 5.26 Å². The quantitative estimate of drug-likeness (QED) is 0.385. The highest BCUT2D eigenvalue weighted by Gasteiger charge is 2.47. The standard InChI is InChI=1S/C24H30F2N10O3S2.H2/c1-32(2)6-7-33(3)23(37)35-10-8-34(9-11-35)18-12-16(41(38,39)31-24(15-27)4-5-24)13-19-17(18)14-28-36(19)22-30-29-21(40-22)20(25)26;/h12-14,20,31H,4-11H2,1-3H3;1H. The summed E-state index contributed by atoms with van der Waals surface area (Å²) in [6.45, 7) is 3.02. The first kappa shape index (κ1) is 29.0. The van der Waals surface area contributed by atoms with Crippen molar-refractivity contribution < 1.29 is 23.4 Å². The number of carbonyl (C=O) groups is 1. The lowest BCUT2D eigenvalue weighted by Crippen LogP contribution is -2.52. The summed E-state index contributed by atoms with van der Waals surface area (Å²) in [5, 5.41) is 21.3. The van der Waals surface area contributed by atoms with Gasteiger partial charge in [-0.2, -0.15) is 15.1 Å². The molecule has 1 saturated heterocycles. The highest BCUT2D eigenvalue weighted by Crippen LogP contribution is 2.38. The minimum absolute atomic E-state index is 0. The Morgan fingerprint density at radius 3 is 2.49 bits per heavy atom. The Morgan fingerprint density at radius 1 is 1.20 bits per heavy atom. The van der Waals surface area contributed by atoms with E-state index in [-0.39, 0.29) is 17.5 Å². The third-order valence-electron chi connectivity index (χ3n) is 7.14. The number of anilines is 1. The van der Waals surface area contributed by atoms with E-state index in [4.69, 9.17) is 0 Å². The highest BCUT2D eigenvalue weighted by atomic mass is 32.2. The molecule has 2 aliphatic rings. The van der Waals surface area contributed by atoms with Crippen LogP contribution in [0.25, 0.3) is 16.0 Å². The Labute approximate surface area is 241 Å². The Kier molecular flexibility index (Phi) is 7.85. The van der Waals surface area contributed by atoms with Gasteiger partial charge in [0, 0.05) is 58.8 Å². The summed E-state index contributed by atoms with van der Waals surface area (Å²) in [5.41, 5.74) is -0.240.